The molecule has 1 aromatic rings. The van der Waals surface area contributed by atoms with E-state index in [9.17, 15) is 14.4 Å². The summed E-state index contributed by atoms with van der Waals surface area (Å²) in [5, 5.41) is 34.4. The van der Waals surface area contributed by atoms with E-state index in [1.165, 1.54) is 0 Å². The van der Waals surface area contributed by atoms with Gasteiger partial charge in [-0.2, -0.15) is 0 Å². The van der Waals surface area contributed by atoms with Crippen molar-refractivity contribution in [3.63, 3.8) is 0 Å². The van der Waals surface area contributed by atoms with Crippen LogP contribution in [-0.4, -0.2) is 48.6 Å². The zero-order valence-electron chi connectivity index (χ0n) is 7.21. The Hall–Kier alpha value is -2.06. The van der Waals surface area contributed by atoms with Crippen LogP contribution in [0.25, 0.3) is 0 Å². The number of aromatic carboxylic acids is 3. The molecule has 0 aliphatic rings. The zero-order chi connectivity index (χ0) is 11.6. The second-order valence-electron chi connectivity index (χ2n) is 2.28. The predicted octanol–water partition coefficient (Wildman–Crippen LogP) is -1.04. The van der Waals surface area contributed by atoms with Crippen LogP contribution in [0, 0.1) is 0 Å². The van der Waals surface area contributed by atoms with Crippen molar-refractivity contribution in [1.82, 2.24) is 15.4 Å². The second kappa shape index (κ2) is 5.14. The Morgan fingerprint density at radius 1 is 0.812 bits per heavy atom. The number of hydrogen-bond acceptors (Lipinski definition) is 6. The Labute approximate surface area is 97.6 Å². The second-order valence-corrected chi connectivity index (χ2v) is 2.28. The normalized spacial score (nSPS) is 9.00. The van der Waals surface area contributed by atoms with Gasteiger partial charge in [-0.1, -0.05) is 0 Å². The van der Waals surface area contributed by atoms with Gasteiger partial charge in [0.25, 0.3) is 0 Å². The SMILES string of the molecule is O=C(O)c1nnnc(C(=O)O)c1C(=O)O.[Cu]. The number of aromatic nitrogens is 3. The Morgan fingerprint density at radius 3 is 1.44 bits per heavy atom. The molecule has 16 heavy (non-hydrogen) atoms. The summed E-state index contributed by atoms with van der Waals surface area (Å²) in [6.07, 6.45) is 0. The van der Waals surface area contributed by atoms with Crippen LogP contribution in [0.2, 0.25) is 0 Å². The molecule has 10 heteroatoms. The van der Waals surface area contributed by atoms with Crippen molar-refractivity contribution in [2.24, 2.45) is 0 Å². The minimum absolute atomic E-state index is 0. The maximum absolute atomic E-state index is 10.6. The van der Waals surface area contributed by atoms with Gasteiger partial charge in [0.1, 0.15) is 5.56 Å². The molecule has 0 saturated heterocycles. The van der Waals surface area contributed by atoms with Crippen molar-refractivity contribution in [2.75, 3.05) is 0 Å². The van der Waals surface area contributed by atoms with Crippen LogP contribution < -0.4 is 0 Å². The number of carbonyl (C=O) groups is 3. The molecular formula is C6H3CuN3O6. The fourth-order valence-corrected chi connectivity index (χ4v) is 0.826. The van der Waals surface area contributed by atoms with Gasteiger partial charge in [0, 0.05) is 17.1 Å². The van der Waals surface area contributed by atoms with Crippen LogP contribution >= 0.6 is 0 Å². The standard InChI is InChI=1S/C6H3N3O6.Cu/c10-4(11)1-2(5(12)13)7-9-8-3(1)6(14)15;/h(H,10,11)(H,12,13)(H,14,15);. The molecule has 0 spiro atoms. The molecule has 9 nitrogen and oxygen atoms in total. The van der Waals surface area contributed by atoms with Crippen LogP contribution in [0.1, 0.15) is 31.3 Å². The fraction of sp³-hybridized carbons (Fsp3) is 0. The van der Waals surface area contributed by atoms with E-state index in [-0.39, 0.29) is 17.1 Å². The first-order chi connectivity index (χ1) is 6.95. The third-order valence-corrected chi connectivity index (χ3v) is 1.38. The predicted molar refractivity (Wildman–Crippen MR) is 40.7 cm³/mol. The van der Waals surface area contributed by atoms with E-state index in [2.05, 4.69) is 15.4 Å². The van der Waals surface area contributed by atoms with Crippen molar-refractivity contribution in [3.8, 4) is 0 Å². The Bertz CT molecular complexity index is 429. The Kier molecular flexibility index (Phi) is 4.48. The quantitative estimate of drug-likeness (QED) is 0.588. The van der Waals surface area contributed by atoms with Gasteiger partial charge in [-0.15, -0.1) is 10.2 Å². The molecule has 0 amide bonds. The summed E-state index contributed by atoms with van der Waals surface area (Å²) in [4.78, 5) is 31.6. The molecule has 0 fully saturated rings. The number of nitrogens with zero attached hydrogens (tertiary/aromatic N) is 3. The molecule has 0 aliphatic carbocycles. The molecule has 0 aromatic carbocycles. The minimum atomic E-state index is -1.74. The first-order valence-corrected chi connectivity index (χ1v) is 3.38. The largest absolute Gasteiger partial charge is 0.478 e. The average Bonchev–Trinajstić information content (AvgIpc) is 2.16. The van der Waals surface area contributed by atoms with Gasteiger partial charge in [0.15, 0.2) is 11.4 Å². The molecule has 3 N–H and O–H groups in total. The van der Waals surface area contributed by atoms with E-state index in [0.717, 1.165) is 0 Å². The molecule has 0 atom stereocenters. The molecule has 89 valence electrons. The molecule has 0 saturated carbocycles. The summed E-state index contributed by atoms with van der Waals surface area (Å²) < 4.78 is 0. The number of hydrogen-bond donors (Lipinski definition) is 3. The van der Waals surface area contributed by atoms with Gasteiger partial charge >= 0.3 is 17.9 Å². The third kappa shape index (κ3) is 2.49. The van der Waals surface area contributed by atoms with E-state index in [1.54, 1.807) is 0 Å². The van der Waals surface area contributed by atoms with Gasteiger partial charge in [-0.05, 0) is 5.21 Å². The fourth-order valence-electron chi connectivity index (χ4n) is 0.826. The molecule has 0 aliphatic heterocycles. The first kappa shape index (κ1) is 13.9. The molecule has 0 bridgehead atoms. The monoisotopic (exact) mass is 276 g/mol. The van der Waals surface area contributed by atoms with Crippen molar-refractivity contribution in [1.29, 1.82) is 0 Å². The topological polar surface area (TPSA) is 151 Å². The van der Waals surface area contributed by atoms with Gasteiger partial charge in [-0.3, -0.25) is 0 Å². The van der Waals surface area contributed by atoms with E-state index < -0.39 is 34.9 Å². The smallest absolute Gasteiger partial charge is 0.357 e. The molecular weight excluding hydrogens is 274 g/mol. The van der Waals surface area contributed by atoms with Crippen LogP contribution in [0.3, 0.4) is 0 Å². The molecule has 0 unspecified atom stereocenters. The number of rotatable bonds is 3. The van der Waals surface area contributed by atoms with Crippen LogP contribution in [0.15, 0.2) is 0 Å². The van der Waals surface area contributed by atoms with Gasteiger partial charge < -0.3 is 15.3 Å². The van der Waals surface area contributed by atoms with Gasteiger partial charge in [-0.25, -0.2) is 14.4 Å². The third-order valence-electron chi connectivity index (χ3n) is 1.38. The molecule has 1 heterocycles. The Morgan fingerprint density at radius 2 is 1.19 bits per heavy atom. The summed E-state index contributed by atoms with van der Waals surface area (Å²) in [5.41, 5.74) is -2.92. The van der Waals surface area contributed by atoms with Crippen LogP contribution in [-0.2, 0) is 17.1 Å². The minimum Gasteiger partial charge on any atom is -0.478 e. The van der Waals surface area contributed by atoms with Gasteiger partial charge in [0.05, 0.1) is 0 Å². The summed E-state index contributed by atoms with van der Waals surface area (Å²) in [6.45, 7) is 0. The van der Waals surface area contributed by atoms with E-state index in [0.29, 0.717) is 0 Å². The average molecular weight is 277 g/mol. The maximum Gasteiger partial charge on any atom is 0.357 e. The first-order valence-electron chi connectivity index (χ1n) is 3.38. The molecule has 1 aromatic heterocycles. The van der Waals surface area contributed by atoms with Gasteiger partial charge in [0.2, 0.25) is 0 Å². The molecule has 1 radical (unpaired) electrons. The van der Waals surface area contributed by atoms with Crippen molar-refractivity contribution in [2.45, 2.75) is 0 Å². The van der Waals surface area contributed by atoms with E-state index in [4.69, 9.17) is 15.3 Å². The van der Waals surface area contributed by atoms with E-state index in [1.807, 2.05) is 0 Å². The van der Waals surface area contributed by atoms with E-state index >= 15 is 0 Å². The van der Waals surface area contributed by atoms with Crippen molar-refractivity contribution in [3.05, 3.63) is 17.0 Å². The van der Waals surface area contributed by atoms with Crippen LogP contribution in [0.4, 0.5) is 0 Å². The Balaban J connectivity index is 0.00000225. The maximum atomic E-state index is 10.6. The van der Waals surface area contributed by atoms with Crippen LogP contribution in [0.5, 0.6) is 0 Å². The number of carboxylic acids is 3. The summed E-state index contributed by atoms with van der Waals surface area (Å²) in [6, 6.07) is 0. The van der Waals surface area contributed by atoms with Crippen molar-refractivity contribution >= 4 is 17.9 Å². The molecule has 1 rings (SSSR count). The summed E-state index contributed by atoms with van der Waals surface area (Å²) in [5.74, 6) is -5.12. The number of carboxylic acid groups (broad SMARTS) is 3. The summed E-state index contributed by atoms with van der Waals surface area (Å²) in [7, 11) is 0. The summed E-state index contributed by atoms with van der Waals surface area (Å²) >= 11 is 0. The zero-order valence-corrected chi connectivity index (χ0v) is 8.15. The van der Waals surface area contributed by atoms with Crippen molar-refractivity contribution < 1.29 is 46.8 Å².